The van der Waals surface area contributed by atoms with Crippen molar-refractivity contribution in [3.05, 3.63) is 107 Å². The molecule has 0 aliphatic carbocycles. The van der Waals surface area contributed by atoms with E-state index < -0.39 is 0 Å². The van der Waals surface area contributed by atoms with Crippen molar-refractivity contribution in [1.82, 2.24) is 20.0 Å². The smallest absolute Gasteiger partial charge is 0.243 e. The average Bonchev–Trinajstić information content (AvgIpc) is 3.27. The Hall–Kier alpha value is -2.97. The molecule has 3 aromatic carbocycles. The first-order valence-electron chi connectivity index (χ1n) is 14.4. The molecule has 1 N–H and O–H groups in total. The SMILES string of the molecule is CC1CN(C(c2ccccc2)c2ccccc2)CC(C)N1Cc1ccc2c(c1)C(S)N(C1CCC(=O)NC1=O)C2. The quantitative estimate of drug-likeness (QED) is 0.335. The van der Waals surface area contributed by atoms with Crippen LogP contribution in [0.5, 0.6) is 0 Å². The summed E-state index contributed by atoms with van der Waals surface area (Å²) in [6.45, 7) is 8.22. The molecule has 0 saturated carbocycles. The fourth-order valence-electron chi connectivity index (χ4n) is 6.88. The number of nitrogens with zero attached hydrogens (tertiary/aromatic N) is 3. The Morgan fingerprint density at radius 2 is 1.52 bits per heavy atom. The van der Waals surface area contributed by atoms with E-state index in [0.29, 0.717) is 31.5 Å². The fraction of sp³-hybridized carbons (Fsp3) is 0.394. The number of benzene rings is 3. The van der Waals surface area contributed by atoms with Crippen molar-refractivity contribution in [2.75, 3.05) is 13.1 Å². The average molecular weight is 555 g/mol. The molecule has 4 unspecified atom stereocenters. The summed E-state index contributed by atoms with van der Waals surface area (Å²) >= 11 is 4.93. The predicted octanol–water partition coefficient (Wildman–Crippen LogP) is 4.92. The third kappa shape index (κ3) is 5.36. The van der Waals surface area contributed by atoms with Crippen LogP contribution in [-0.4, -0.2) is 57.7 Å². The number of hydrogen-bond acceptors (Lipinski definition) is 6. The molecule has 208 valence electrons. The van der Waals surface area contributed by atoms with Crippen LogP contribution < -0.4 is 5.32 Å². The van der Waals surface area contributed by atoms with E-state index in [0.717, 1.165) is 19.6 Å². The number of amides is 2. The van der Waals surface area contributed by atoms with E-state index in [1.54, 1.807) is 0 Å². The van der Waals surface area contributed by atoms with Crippen molar-refractivity contribution < 1.29 is 9.59 Å². The van der Waals surface area contributed by atoms with E-state index in [1.807, 2.05) is 0 Å². The van der Waals surface area contributed by atoms with Gasteiger partial charge in [-0.25, -0.2) is 0 Å². The lowest BCUT2D eigenvalue weighted by Gasteiger charge is -2.47. The van der Waals surface area contributed by atoms with Gasteiger partial charge in [0.15, 0.2) is 0 Å². The lowest BCUT2D eigenvalue weighted by Crippen LogP contribution is -2.56. The lowest BCUT2D eigenvalue weighted by molar-refractivity contribution is -0.137. The van der Waals surface area contributed by atoms with Gasteiger partial charge >= 0.3 is 0 Å². The number of nitrogens with one attached hydrogen (secondary N) is 1. The topological polar surface area (TPSA) is 55.9 Å². The molecule has 6 nitrogen and oxygen atoms in total. The first-order valence-corrected chi connectivity index (χ1v) is 14.9. The maximum absolute atomic E-state index is 12.5. The summed E-state index contributed by atoms with van der Waals surface area (Å²) in [6.07, 6.45) is 0.932. The number of carbonyl (C=O) groups excluding carboxylic acids is 2. The van der Waals surface area contributed by atoms with Crippen LogP contribution in [0.25, 0.3) is 0 Å². The largest absolute Gasteiger partial charge is 0.295 e. The van der Waals surface area contributed by atoms with Crippen molar-refractivity contribution in [1.29, 1.82) is 0 Å². The molecule has 3 aliphatic heterocycles. The minimum absolute atomic E-state index is 0.150. The molecular weight excluding hydrogens is 516 g/mol. The highest BCUT2D eigenvalue weighted by atomic mass is 32.1. The highest BCUT2D eigenvalue weighted by Gasteiger charge is 2.39. The van der Waals surface area contributed by atoms with Crippen molar-refractivity contribution >= 4 is 24.4 Å². The first-order chi connectivity index (χ1) is 19.4. The summed E-state index contributed by atoms with van der Waals surface area (Å²) in [5.41, 5.74) is 6.34. The molecular formula is C33H38N4O2S. The van der Waals surface area contributed by atoms with Gasteiger partial charge < -0.3 is 0 Å². The van der Waals surface area contributed by atoms with Gasteiger partial charge in [-0.15, -0.1) is 0 Å². The molecule has 7 heteroatoms. The summed E-state index contributed by atoms with van der Waals surface area (Å²) < 4.78 is 0. The van der Waals surface area contributed by atoms with Crippen molar-refractivity contribution in [2.24, 2.45) is 0 Å². The van der Waals surface area contributed by atoms with Crippen molar-refractivity contribution in [3.8, 4) is 0 Å². The molecule has 6 rings (SSSR count). The fourth-order valence-corrected chi connectivity index (χ4v) is 7.37. The van der Waals surface area contributed by atoms with E-state index in [9.17, 15) is 9.59 Å². The number of rotatable bonds is 6. The zero-order valence-corrected chi connectivity index (χ0v) is 24.1. The molecule has 0 aromatic heterocycles. The van der Waals surface area contributed by atoms with Crippen molar-refractivity contribution in [3.63, 3.8) is 0 Å². The van der Waals surface area contributed by atoms with E-state index in [-0.39, 0.29) is 29.3 Å². The highest BCUT2D eigenvalue weighted by molar-refractivity contribution is 7.80. The number of fused-ring (bicyclic) bond motifs is 1. The van der Waals surface area contributed by atoms with E-state index in [2.05, 4.69) is 113 Å². The Kier molecular flexibility index (Phi) is 7.82. The van der Waals surface area contributed by atoms with Crippen LogP contribution in [0.2, 0.25) is 0 Å². The van der Waals surface area contributed by atoms with Crippen LogP contribution in [-0.2, 0) is 22.7 Å². The molecule has 3 aliphatic rings. The molecule has 3 aromatic rings. The highest BCUT2D eigenvalue weighted by Crippen LogP contribution is 2.40. The molecule has 0 spiro atoms. The Balaban J connectivity index is 1.17. The van der Waals surface area contributed by atoms with Gasteiger partial charge in [-0.2, -0.15) is 12.6 Å². The Morgan fingerprint density at radius 1 is 0.900 bits per heavy atom. The van der Waals surface area contributed by atoms with Gasteiger partial charge in [0.05, 0.1) is 17.5 Å². The second-order valence-corrected chi connectivity index (χ2v) is 12.1. The maximum Gasteiger partial charge on any atom is 0.243 e. The third-order valence-corrected chi connectivity index (χ3v) is 9.43. The Labute approximate surface area is 242 Å². The van der Waals surface area contributed by atoms with Crippen LogP contribution in [0, 0.1) is 0 Å². The molecule has 40 heavy (non-hydrogen) atoms. The molecule has 4 atom stereocenters. The monoisotopic (exact) mass is 554 g/mol. The van der Waals surface area contributed by atoms with E-state index in [1.165, 1.54) is 27.8 Å². The summed E-state index contributed by atoms with van der Waals surface area (Å²) in [7, 11) is 0. The van der Waals surface area contributed by atoms with Gasteiger partial charge in [-0.05, 0) is 48.1 Å². The normalized spacial score (nSPS) is 26.2. The molecule has 2 amide bonds. The molecule has 2 saturated heterocycles. The van der Waals surface area contributed by atoms with Crippen LogP contribution in [0.15, 0.2) is 78.9 Å². The molecule has 0 bridgehead atoms. The minimum atomic E-state index is -0.314. The van der Waals surface area contributed by atoms with Crippen LogP contribution >= 0.6 is 12.6 Å². The lowest BCUT2D eigenvalue weighted by atomic mass is 9.94. The summed E-state index contributed by atoms with van der Waals surface area (Å²) in [5.74, 6) is -0.383. The summed E-state index contributed by atoms with van der Waals surface area (Å²) in [6, 6.07) is 29.1. The number of thiol groups is 1. The zero-order chi connectivity index (χ0) is 27.8. The van der Waals surface area contributed by atoms with Gasteiger partial charge in [0, 0.05) is 44.7 Å². The maximum atomic E-state index is 12.5. The Bertz CT molecular complexity index is 1320. The number of carbonyl (C=O) groups is 2. The van der Waals surface area contributed by atoms with Gasteiger partial charge in [-0.1, -0.05) is 78.9 Å². The Morgan fingerprint density at radius 3 is 2.12 bits per heavy atom. The van der Waals surface area contributed by atoms with Gasteiger partial charge in [0.25, 0.3) is 0 Å². The van der Waals surface area contributed by atoms with Crippen LogP contribution in [0.4, 0.5) is 0 Å². The van der Waals surface area contributed by atoms with E-state index in [4.69, 9.17) is 12.6 Å². The number of piperazine rings is 1. The van der Waals surface area contributed by atoms with Crippen molar-refractivity contribution in [2.45, 2.75) is 69.3 Å². The second kappa shape index (κ2) is 11.5. The van der Waals surface area contributed by atoms with Gasteiger partial charge in [-0.3, -0.25) is 29.6 Å². The third-order valence-electron chi connectivity index (χ3n) is 8.86. The van der Waals surface area contributed by atoms with Gasteiger partial charge in [0.2, 0.25) is 11.8 Å². The van der Waals surface area contributed by atoms with Crippen LogP contribution in [0.1, 0.15) is 65.9 Å². The number of hydrogen-bond donors (Lipinski definition) is 2. The molecule has 0 radical (unpaired) electrons. The predicted molar refractivity (Wildman–Crippen MR) is 161 cm³/mol. The van der Waals surface area contributed by atoms with Gasteiger partial charge in [0.1, 0.15) is 0 Å². The number of imide groups is 1. The first kappa shape index (κ1) is 27.2. The summed E-state index contributed by atoms with van der Waals surface area (Å²) in [4.78, 5) is 31.6. The minimum Gasteiger partial charge on any atom is -0.295 e. The standard InChI is InChI=1S/C33H38N4O2S/c1-22-18-35(31(25-9-5-3-6-10-25)26-11-7-4-8-12-26)19-23(2)36(22)20-24-13-14-27-21-37(33(40)28(27)17-24)29-15-16-30(38)34-32(29)39/h3-14,17,22-23,29,31,33,40H,15-16,18-21H2,1-2H3,(H,34,38,39). The molecule has 3 heterocycles. The summed E-state index contributed by atoms with van der Waals surface area (Å²) in [5, 5.41) is 2.35. The van der Waals surface area contributed by atoms with E-state index >= 15 is 0 Å². The second-order valence-electron chi connectivity index (χ2n) is 11.6. The number of piperidine rings is 1. The zero-order valence-electron chi connectivity index (χ0n) is 23.2. The van der Waals surface area contributed by atoms with Crippen LogP contribution in [0.3, 0.4) is 0 Å². The molecule has 2 fully saturated rings.